The zero-order valence-electron chi connectivity index (χ0n) is 17.1. The molecule has 7 nitrogen and oxygen atoms in total. The number of carbonyl (C=O) groups excluding carboxylic acids is 3. The van der Waals surface area contributed by atoms with E-state index in [0.717, 1.165) is 42.0 Å². The largest absolute Gasteiger partial charge is 0.383 e. The van der Waals surface area contributed by atoms with E-state index >= 15 is 0 Å². The van der Waals surface area contributed by atoms with Gasteiger partial charge in [-0.1, -0.05) is 0 Å². The Morgan fingerprint density at radius 1 is 1.25 bits per heavy atom. The number of nitrogens with one attached hydrogen (secondary N) is 1. The number of hydrogen-bond acceptors (Lipinski definition) is 4. The van der Waals surface area contributed by atoms with Gasteiger partial charge in [-0.3, -0.25) is 14.5 Å². The summed E-state index contributed by atoms with van der Waals surface area (Å²) in [6.07, 6.45) is 3.90. The summed E-state index contributed by atoms with van der Waals surface area (Å²) in [5, 5.41) is 2.98. The average Bonchev–Trinajstić information content (AvgIpc) is 3.54. The van der Waals surface area contributed by atoms with Crippen molar-refractivity contribution in [1.29, 1.82) is 0 Å². The monoisotopic (exact) mass is 387 g/mol. The highest BCUT2D eigenvalue weighted by molar-refractivity contribution is 6.12. The molecule has 1 unspecified atom stereocenters. The molecule has 2 saturated carbocycles. The number of aryl methyl sites for hydroxylation is 1. The van der Waals surface area contributed by atoms with Crippen LogP contribution in [0.2, 0.25) is 0 Å². The molecule has 1 aliphatic heterocycles. The number of carbonyl (C=O) groups is 3. The average molecular weight is 387 g/mol. The summed E-state index contributed by atoms with van der Waals surface area (Å²) in [5.74, 6) is 0.0697. The maximum absolute atomic E-state index is 13.2. The van der Waals surface area contributed by atoms with Crippen molar-refractivity contribution in [3.05, 3.63) is 23.0 Å². The van der Waals surface area contributed by atoms with E-state index < -0.39 is 11.6 Å². The van der Waals surface area contributed by atoms with Gasteiger partial charge >= 0.3 is 6.03 Å². The molecule has 2 heterocycles. The Morgan fingerprint density at radius 3 is 2.39 bits per heavy atom. The molecule has 1 aromatic rings. The van der Waals surface area contributed by atoms with Gasteiger partial charge in [0.2, 0.25) is 0 Å². The predicted octanol–water partition coefficient (Wildman–Crippen LogP) is 2.61. The topological polar surface area (TPSA) is 80.6 Å². The minimum Gasteiger partial charge on any atom is -0.383 e. The van der Waals surface area contributed by atoms with E-state index in [1.165, 1.54) is 0 Å². The Morgan fingerprint density at radius 2 is 1.86 bits per heavy atom. The first kappa shape index (κ1) is 19.2. The van der Waals surface area contributed by atoms with Crippen LogP contribution in [0.4, 0.5) is 4.79 Å². The normalized spacial score (nSPS) is 22.5. The molecule has 1 N–H and O–H groups in total. The Kier molecular flexibility index (Phi) is 4.61. The van der Waals surface area contributed by atoms with Crippen LogP contribution in [0.1, 0.15) is 60.4 Å². The fourth-order valence-electron chi connectivity index (χ4n) is 5.00. The van der Waals surface area contributed by atoms with Gasteiger partial charge in [0, 0.05) is 24.1 Å². The second kappa shape index (κ2) is 6.72. The van der Waals surface area contributed by atoms with Gasteiger partial charge in [-0.05, 0) is 64.4 Å². The Hall–Kier alpha value is -2.15. The zero-order valence-corrected chi connectivity index (χ0v) is 17.1. The maximum Gasteiger partial charge on any atom is 0.325 e. The number of ether oxygens (including phenoxy) is 1. The van der Waals surface area contributed by atoms with Gasteiger partial charge in [0.05, 0.1) is 19.2 Å². The highest BCUT2D eigenvalue weighted by atomic mass is 16.5. The van der Waals surface area contributed by atoms with Gasteiger partial charge in [0.1, 0.15) is 5.54 Å². The van der Waals surface area contributed by atoms with Crippen LogP contribution in [0.15, 0.2) is 6.07 Å². The molecular weight excluding hydrogens is 358 g/mol. The van der Waals surface area contributed by atoms with Crippen molar-refractivity contribution >= 4 is 17.7 Å². The maximum atomic E-state index is 13.2. The lowest BCUT2D eigenvalue weighted by molar-refractivity contribution is -0.132. The first-order chi connectivity index (χ1) is 13.3. The minimum atomic E-state index is -0.749. The molecule has 0 radical (unpaired) electrons. The van der Waals surface area contributed by atoms with Crippen LogP contribution in [-0.2, 0) is 9.53 Å². The minimum absolute atomic E-state index is 0.0978. The molecule has 4 rings (SSSR count). The third-order valence-corrected chi connectivity index (χ3v) is 6.54. The van der Waals surface area contributed by atoms with Crippen LogP contribution >= 0.6 is 0 Å². The highest BCUT2D eigenvalue weighted by Gasteiger charge is 2.65. The van der Waals surface area contributed by atoms with E-state index in [2.05, 4.69) is 9.88 Å². The number of Topliss-reactive ketones (excluding diaryl/α,β-unsaturated/α-hetero) is 1. The van der Waals surface area contributed by atoms with E-state index in [4.69, 9.17) is 4.74 Å². The van der Waals surface area contributed by atoms with Crippen LogP contribution in [0.5, 0.6) is 0 Å². The summed E-state index contributed by atoms with van der Waals surface area (Å²) in [6, 6.07) is 1.52. The smallest absolute Gasteiger partial charge is 0.325 e. The first-order valence-electron chi connectivity index (χ1n) is 10.2. The molecule has 1 saturated heterocycles. The van der Waals surface area contributed by atoms with Crippen LogP contribution in [0.3, 0.4) is 0 Å². The van der Waals surface area contributed by atoms with Crippen molar-refractivity contribution in [3.8, 4) is 0 Å². The summed E-state index contributed by atoms with van der Waals surface area (Å²) < 4.78 is 7.31. The van der Waals surface area contributed by atoms with Crippen molar-refractivity contribution in [2.75, 3.05) is 20.3 Å². The summed E-state index contributed by atoms with van der Waals surface area (Å²) >= 11 is 0. The van der Waals surface area contributed by atoms with Crippen molar-refractivity contribution in [3.63, 3.8) is 0 Å². The number of imide groups is 1. The molecule has 3 aliphatic rings. The van der Waals surface area contributed by atoms with E-state index in [1.54, 1.807) is 7.11 Å². The Bertz CT molecular complexity index is 823. The fraction of sp³-hybridized carbons (Fsp3) is 0.667. The molecule has 28 heavy (non-hydrogen) atoms. The Labute approximate surface area is 165 Å². The van der Waals surface area contributed by atoms with Gasteiger partial charge in [-0.15, -0.1) is 0 Å². The van der Waals surface area contributed by atoms with Crippen molar-refractivity contribution in [2.45, 2.75) is 58.0 Å². The number of aromatic nitrogens is 1. The molecule has 1 atom stereocenters. The highest BCUT2D eigenvalue weighted by Crippen LogP contribution is 2.54. The Balaban J connectivity index is 1.55. The number of hydrogen-bond donors (Lipinski definition) is 1. The quantitative estimate of drug-likeness (QED) is 0.549. The van der Waals surface area contributed by atoms with Gasteiger partial charge in [0.25, 0.3) is 5.91 Å². The number of rotatable bonds is 8. The van der Waals surface area contributed by atoms with E-state index in [9.17, 15) is 14.4 Å². The number of amides is 3. The summed E-state index contributed by atoms with van der Waals surface area (Å²) in [5.41, 5.74) is 1.63. The van der Waals surface area contributed by atoms with Crippen molar-refractivity contribution in [2.24, 2.45) is 11.8 Å². The van der Waals surface area contributed by atoms with Crippen molar-refractivity contribution in [1.82, 2.24) is 14.8 Å². The van der Waals surface area contributed by atoms with Crippen LogP contribution in [0, 0.1) is 25.7 Å². The van der Waals surface area contributed by atoms with E-state index in [-0.39, 0.29) is 36.1 Å². The second-order valence-electron chi connectivity index (χ2n) is 8.62. The van der Waals surface area contributed by atoms with E-state index in [0.29, 0.717) is 12.2 Å². The molecule has 152 valence electrons. The molecule has 7 heteroatoms. The lowest BCUT2D eigenvalue weighted by Gasteiger charge is -2.26. The standard InChI is InChI=1S/C21H29N3O4/c1-12-9-17(14(3)24(12)13(2)11-28-4)18(25)10-23-19(26)21(15-5-6-15,16-7-8-16)22-20(23)27/h9,13,15-16H,5-8,10-11H2,1-4H3,(H,22,27). The molecule has 0 aromatic carbocycles. The van der Waals surface area contributed by atoms with E-state index in [1.807, 2.05) is 26.8 Å². The zero-order chi connectivity index (χ0) is 20.2. The lowest BCUT2D eigenvalue weighted by Crippen LogP contribution is -2.51. The SMILES string of the molecule is COCC(C)n1c(C)cc(C(=O)CN2C(=O)NC(C3CC3)(C3CC3)C2=O)c1C. The third-order valence-electron chi connectivity index (χ3n) is 6.54. The van der Waals surface area contributed by atoms with Crippen LogP contribution in [0.25, 0.3) is 0 Å². The molecule has 0 bridgehead atoms. The summed E-state index contributed by atoms with van der Waals surface area (Å²) in [7, 11) is 1.65. The number of ketones is 1. The van der Waals surface area contributed by atoms with Gasteiger partial charge in [-0.25, -0.2) is 4.79 Å². The van der Waals surface area contributed by atoms with Gasteiger partial charge in [0.15, 0.2) is 5.78 Å². The van der Waals surface area contributed by atoms with Crippen molar-refractivity contribution < 1.29 is 19.1 Å². The summed E-state index contributed by atoms with van der Waals surface area (Å²) in [6.45, 7) is 6.23. The third kappa shape index (κ3) is 2.87. The molecular formula is C21H29N3O4. The van der Waals surface area contributed by atoms with Crippen LogP contribution in [-0.4, -0.2) is 53.0 Å². The number of nitrogens with zero attached hydrogens (tertiary/aromatic N) is 2. The first-order valence-corrected chi connectivity index (χ1v) is 10.2. The molecule has 3 amide bonds. The second-order valence-corrected chi connectivity index (χ2v) is 8.62. The molecule has 0 spiro atoms. The predicted molar refractivity (Wildman–Crippen MR) is 103 cm³/mol. The fourth-order valence-corrected chi connectivity index (χ4v) is 5.00. The molecule has 2 aliphatic carbocycles. The summed E-state index contributed by atoms with van der Waals surface area (Å²) in [4.78, 5) is 40.0. The van der Waals surface area contributed by atoms with Gasteiger partial charge in [-0.2, -0.15) is 0 Å². The molecule has 1 aromatic heterocycles. The lowest BCUT2D eigenvalue weighted by atomic mass is 9.87. The number of urea groups is 1. The van der Waals surface area contributed by atoms with Crippen LogP contribution < -0.4 is 5.32 Å². The molecule has 3 fully saturated rings. The van der Waals surface area contributed by atoms with Gasteiger partial charge < -0.3 is 14.6 Å². The number of methoxy groups -OCH3 is 1.